The van der Waals surface area contributed by atoms with Gasteiger partial charge < -0.3 is 15.5 Å². The topological polar surface area (TPSA) is 94.0 Å². The van der Waals surface area contributed by atoms with Crippen molar-refractivity contribution >= 4 is 32.6 Å². The molecule has 0 aliphatic heterocycles. The number of aromatic nitrogens is 2. The summed E-state index contributed by atoms with van der Waals surface area (Å²) in [6, 6.07) is 5.28. The lowest BCUT2D eigenvalue weighted by Gasteiger charge is -2.02. The maximum Gasteiger partial charge on any atom is 0.251 e. The lowest BCUT2D eigenvalue weighted by Crippen LogP contribution is -2.22. The van der Waals surface area contributed by atoms with Gasteiger partial charge in [-0.2, -0.15) is 0 Å². The van der Waals surface area contributed by atoms with Gasteiger partial charge in [0.2, 0.25) is 5.89 Å². The van der Waals surface area contributed by atoms with Gasteiger partial charge in [-0.3, -0.25) is 4.79 Å². The third-order valence-corrected chi connectivity index (χ3v) is 3.58. The molecule has 0 unspecified atom stereocenters. The molecule has 6 nitrogen and oxygen atoms in total. The van der Waals surface area contributed by atoms with Crippen LogP contribution in [0.4, 0.5) is 5.13 Å². The Morgan fingerprint density at radius 2 is 2.35 bits per heavy atom. The molecule has 102 valence electrons. The SMILES string of the molecule is Cc1cnc(CNC(=O)c2ccc3nc(N)sc3c2)o1. The molecular formula is C13H12N4O2S. The summed E-state index contributed by atoms with van der Waals surface area (Å²) in [5, 5.41) is 3.25. The predicted octanol–water partition coefficient (Wildman–Crippen LogP) is 2.10. The van der Waals surface area contributed by atoms with Crippen molar-refractivity contribution in [2.24, 2.45) is 0 Å². The number of rotatable bonds is 3. The van der Waals surface area contributed by atoms with E-state index in [0.717, 1.165) is 16.0 Å². The van der Waals surface area contributed by atoms with Crippen LogP contribution in [0.15, 0.2) is 28.8 Å². The summed E-state index contributed by atoms with van der Waals surface area (Å²) >= 11 is 1.36. The van der Waals surface area contributed by atoms with E-state index in [1.54, 1.807) is 31.3 Å². The highest BCUT2D eigenvalue weighted by molar-refractivity contribution is 7.22. The number of benzene rings is 1. The summed E-state index contributed by atoms with van der Waals surface area (Å²) in [6.07, 6.45) is 1.62. The van der Waals surface area contributed by atoms with Gasteiger partial charge in [-0.05, 0) is 25.1 Å². The summed E-state index contributed by atoms with van der Waals surface area (Å²) in [5.41, 5.74) is 7.00. The highest BCUT2D eigenvalue weighted by Crippen LogP contribution is 2.24. The summed E-state index contributed by atoms with van der Waals surface area (Å²) in [6.45, 7) is 2.07. The molecule has 0 aliphatic rings. The Bertz CT molecular complexity index is 778. The number of carbonyl (C=O) groups excluding carboxylic acids is 1. The molecule has 0 saturated heterocycles. The molecule has 1 amide bonds. The highest BCUT2D eigenvalue weighted by atomic mass is 32.1. The normalized spacial score (nSPS) is 10.8. The van der Waals surface area contributed by atoms with Crippen LogP contribution in [0.2, 0.25) is 0 Å². The average molecular weight is 288 g/mol. The Kier molecular flexibility index (Phi) is 3.11. The quantitative estimate of drug-likeness (QED) is 0.769. The van der Waals surface area contributed by atoms with Gasteiger partial charge in [-0.15, -0.1) is 0 Å². The second-order valence-corrected chi connectivity index (χ2v) is 5.34. The number of hydrogen-bond acceptors (Lipinski definition) is 6. The van der Waals surface area contributed by atoms with Gasteiger partial charge in [0.25, 0.3) is 5.91 Å². The molecule has 0 radical (unpaired) electrons. The van der Waals surface area contributed by atoms with Crippen LogP contribution in [0.1, 0.15) is 22.0 Å². The minimum absolute atomic E-state index is 0.185. The molecule has 1 aromatic carbocycles. The third kappa shape index (κ3) is 2.48. The van der Waals surface area contributed by atoms with Crippen molar-refractivity contribution in [3.8, 4) is 0 Å². The number of oxazole rings is 1. The molecule has 7 heteroatoms. The standard InChI is InChI=1S/C13H12N4O2S/c1-7-5-15-11(19-7)6-16-12(18)8-2-3-9-10(4-8)20-13(14)17-9/h2-5H,6H2,1H3,(H2,14,17)(H,16,18). The number of nitrogens with zero attached hydrogens (tertiary/aromatic N) is 2. The Hall–Kier alpha value is -2.41. The molecule has 2 heterocycles. The number of nitrogens with two attached hydrogens (primary N) is 1. The zero-order valence-corrected chi connectivity index (χ0v) is 11.5. The first-order valence-corrected chi connectivity index (χ1v) is 6.79. The van der Waals surface area contributed by atoms with Gasteiger partial charge in [-0.25, -0.2) is 9.97 Å². The van der Waals surface area contributed by atoms with E-state index in [9.17, 15) is 4.79 Å². The maximum atomic E-state index is 12.0. The molecule has 3 N–H and O–H groups in total. The highest BCUT2D eigenvalue weighted by Gasteiger charge is 2.10. The Morgan fingerprint density at radius 3 is 3.10 bits per heavy atom. The van der Waals surface area contributed by atoms with Crippen molar-refractivity contribution in [2.45, 2.75) is 13.5 Å². The number of anilines is 1. The van der Waals surface area contributed by atoms with E-state index in [-0.39, 0.29) is 12.5 Å². The fourth-order valence-electron chi connectivity index (χ4n) is 1.82. The predicted molar refractivity (Wildman–Crippen MR) is 76.4 cm³/mol. The molecule has 0 atom stereocenters. The molecule has 0 bridgehead atoms. The van der Waals surface area contributed by atoms with Crippen molar-refractivity contribution in [3.05, 3.63) is 41.6 Å². The van der Waals surface area contributed by atoms with Crippen molar-refractivity contribution < 1.29 is 9.21 Å². The average Bonchev–Trinajstić information content (AvgIpc) is 2.99. The van der Waals surface area contributed by atoms with E-state index in [1.165, 1.54) is 11.3 Å². The van der Waals surface area contributed by atoms with E-state index in [2.05, 4.69) is 15.3 Å². The van der Waals surface area contributed by atoms with Crippen molar-refractivity contribution in [2.75, 3.05) is 5.73 Å². The minimum Gasteiger partial charge on any atom is -0.444 e. The van der Waals surface area contributed by atoms with Gasteiger partial charge in [0.05, 0.1) is 23.0 Å². The number of aryl methyl sites for hydroxylation is 1. The number of amides is 1. The maximum absolute atomic E-state index is 12.0. The zero-order chi connectivity index (χ0) is 14.1. The second-order valence-electron chi connectivity index (χ2n) is 4.28. The molecule has 0 fully saturated rings. The third-order valence-electron chi connectivity index (χ3n) is 2.74. The number of thiazole rings is 1. The summed E-state index contributed by atoms with van der Waals surface area (Å²) in [7, 11) is 0. The van der Waals surface area contributed by atoms with Gasteiger partial charge in [0.15, 0.2) is 5.13 Å². The van der Waals surface area contributed by atoms with Crippen molar-refractivity contribution in [3.63, 3.8) is 0 Å². The first kappa shape index (κ1) is 12.6. The summed E-state index contributed by atoms with van der Waals surface area (Å²) in [5.74, 6) is 1.02. The Labute approximate surface area is 118 Å². The monoisotopic (exact) mass is 288 g/mol. The smallest absolute Gasteiger partial charge is 0.251 e. The van der Waals surface area contributed by atoms with E-state index >= 15 is 0 Å². The molecular weight excluding hydrogens is 276 g/mol. The van der Waals surface area contributed by atoms with Crippen LogP contribution in [0.25, 0.3) is 10.2 Å². The van der Waals surface area contributed by atoms with E-state index in [0.29, 0.717) is 16.6 Å². The molecule has 0 aliphatic carbocycles. The minimum atomic E-state index is -0.185. The number of fused-ring (bicyclic) bond motifs is 1. The van der Waals surface area contributed by atoms with Crippen LogP contribution in [-0.4, -0.2) is 15.9 Å². The van der Waals surface area contributed by atoms with E-state index in [1.807, 2.05) is 0 Å². The number of nitrogens with one attached hydrogen (secondary N) is 1. The van der Waals surface area contributed by atoms with Gasteiger partial charge in [-0.1, -0.05) is 11.3 Å². The number of carbonyl (C=O) groups is 1. The van der Waals surface area contributed by atoms with Crippen molar-refractivity contribution in [1.82, 2.24) is 15.3 Å². The van der Waals surface area contributed by atoms with Crippen LogP contribution in [0.5, 0.6) is 0 Å². The van der Waals surface area contributed by atoms with Crippen LogP contribution < -0.4 is 11.1 Å². The lowest BCUT2D eigenvalue weighted by molar-refractivity contribution is 0.0947. The molecule has 3 aromatic rings. The fourth-order valence-corrected chi connectivity index (χ4v) is 2.60. The Balaban J connectivity index is 1.74. The lowest BCUT2D eigenvalue weighted by atomic mass is 10.2. The molecule has 0 spiro atoms. The molecule has 3 rings (SSSR count). The van der Waals surface area contributed by atoms with E-state index < -0.39 is 0 Å². The zero-order valence-electron chi connectivity index (χ0n) is 10.7. The summed E-state index contributed by atoms with van der Waals surface area (Å²) in [4.78, 5) is 20.2. The first-order valence-electron chi connectivity index (χ1n) is 5.97. The number of hydrogen-bond donors (Lipinski definition) is 2. The second kappa shape index (κ2) is 4.93. The van der Waals surface area contributed by atoms with Crippen LogP contribution in [0, 0.1) is 6.92 Å². The fraction of sp³-hybridized carbons (Fsp3) is 0.154. The van der Waals surface area contributed by atoms with Crippen LogP contribution >= 0.6 is 11.3 Å². The number of nitrogen functional groups attached to an aromatic ring is 1. The van der Waals surface area contributed by atoms with Crippen LogP contribution in [-0.2, 0) is 6.54 Å². The summed E-state index contributed by atoms with van der Waals surface area (Å²) < 4.78 is 6.18. The molecule has 20 heavy (non-hydrogen) atoms. The first-order chi connectivity index (χ1) is 9.61. The van der Waals surface area contributed by atoms with Crippen molar-refractivity contribution in [1.29, 1.82) is 0 Å². The molecule has 0 saturated carbocycles. The van der Waals surface area contributed by atoms with Gasteiger partial charge in [0.1, 0.15) is 5.76 Å². The Morgan fingerprint density at radius 1 is 1.50 bits per heavy atom. The van der Waals surface area contributed by atoms with E-state index in [4.69, 9.17) is 10.2 Å². The van der Waals surface area contributed by atoms with Gasteiger partial charge >= 0.3 is 0 Å². The molecule has 2 aromatic heterocycles. The largest absolute Gasteiger partial charge is 0.444 e. The van der Waals surface area contributed by atoms with Gasteiger partial charge in [0, 0.05) is 5.56 Å². The van der Waals surface area contributed by atoms with Crippen LogP contribution in [0.3, 0.4) is 0 Å².